The van der Waals surface area contributed by atoms with Gasteiger partial charge in [0, 0.05) is 36.1 Å². The van der Waals surface area contributed by atoms with Crippen molar-refractivity contribution in [2.24, 2.45) is 0 Å². The van der Waals surface area contributed by atoms with E-state index in [0.717, 1.165) is 37.9 Å². The van der Waals surface area contributed by atoms with Crippen molar-refractivity contribution in [2.75, 3.05) is 28.6 Å². The summed E-state index contributed by atoms with van der Waals surface area (Å²) in [5.41, 5.74) is 2.76. The Morgan fingerprint density at radius 3 is 2.15 bits per heavy atom. The molecule has 34 heavy (non-hydrogen) atoms. The molecular formula is C26H26N4O4. The van der Waals surface area contributed by atoms with E-state index in [1.54, 1.807) is 36.4 Å². The summed E-state index contributed by atoms with van der Waals surface area (Å²) in [6.45, 7) is 1.56. The van der Waals surface area contributed by atoms with Gasteiger partial charge in [0.2, 0.25) is 5.91 Å². The molecule has 8 nitrogen and oxygen atoms in total. The van der Waals surface area contributed by atoms with E-state index in [1.165, 1.54) is 6.07 Å². The summed E-state index contributed by atoms with van der Waals surface area (Å²) in [5.74, 6) is -0.571. The van der Waals surface area contributed by atoms with Gasteiger partial charge in [-0.1, -0.05) is 30.3 Å². The van der Waals surface area contributed by atoms with Gasteiger partial charge < -0.3 is 15.5 Å². The van der Waals surface area contributed by atoms with E-state index in [-0.39, 0.29) is 23.6 Å². The minimum absolute atomic E-state index is 0.0639. The third kappa shape index (κ3) is 5.78. The Morgan fingerprint density at radius 1 is 0.853 bits per heavy atom. The molecule has 2 amide bonds. The van der Waals surface area contributed by atoms with Crippen LogP contribution in [0.4, 0.5) is 22.7 Å². The van der Waals surface area contributed by atoms with Crippen LogP contribution >= 0.6 is 0 Å². The van der Waals surface area contributed by atoms with Gasteiger partial charge in [0.15, 0.2) is 0 Å². The van der Waals surface area contributed by atoms with Gasteiger partial charge in [-0.05, 0) is 61.2 Å². The second kappa shape index (κ2) is 10.6. The lowest BCUT2D eigenvalue weighted by Crippen LogP contribution is -2.30. The van der Waals surface area contributed by atoms with Crippen molar-refractivity contribution < 1.29 is 14.5 Å². The van der Waals surface area contributed by atoms with Crippen LogP contribution in [0.2, 0.25) is 0 Å². The average Bonchev–Trinajstić information content (AvgIpc) is 2.86. The minimum atomic E-state index is -0.437. The molecule has 8 heteroatoms. The fraction of sp³-hybridized carbons (Fsp3) is 0.231. The monoisotopic (exact) mass is 458 g/mol. The molecule has 1 aliphatic heterocycles. The number of nitro benzene ring substituents is 1. The molecule has 2 N–H and O–H groups in total. The predicted octanol–water partition coefficient (Wildman–Crippen LogP) is 5.02. The van der Waals surface area contributed by atoms with Crippen molar-refractivity contribution in [3.63, 3.8) is 0 Å². The highest BCUT2D eigenvalue weighted by Gasteiger charge is 2.23. The number of hydrogen-bond acceptors (Lipinski definition) is 5. The first-order chi connectivity index (χ1) is 16.5. The number of anilines is 3. The zero-order valence-electron chi connectivity index (χ0n) is 18.7. The van der Waals surface area contributed by atoms with Gasteiger partial charge in [-0.15, -0.1) is 0 Å². The quantitative estimate of drug-likeness (QED) is 0.382. The molecule has 0 aromatic heterocycles. The molecule has 0 aliphatic carbocycles. The first-order valence-corrected chi connectivity index (χ1v) is 11.3. The van der Waals surface area contributed by atoms with Gasteiger partial charge in [-0.3, -0.25) is 19.7 Å². The van der Waals surface area contributed by atoms with Crippen LogP contribution in [0.5, 0.6) is 0 Å². The highest BCUT2D eigenvalue weighted by Crippen LogP contribution is 2.31. The highest BCUT2D eigenvalue weighted by molar-refractivity contribution is 6.05. The number of amides is 2. The van der Waals surface area contributed by atoms with Crippen molar-refractivity contribution in [3.8, 4) is 0 Å². The maximum absolute atomic E-state index is 12.7. The molecule has 1 saturated heterocycles. The third-order valence-corrected chi connectivity index (χ3v) is 5.77. The van der Waals surface area contributed by atoms with Crippen molar-refractivity contribution in [1.29, 1.82) is 0 Å². The van der Waals surface area contributed by atoms with E-state index in [9.17, 15) is 19.7 Å². The van der Waals surface area contributed by atoms with Gasteiger partial charge in [-0.2, -0.15) is 0 Å². The smallest absolute Gasteiger partial charge is 0.293 e. The highest BCUT2D eigenvalue weighted by atomic mass is 16.6. The Kier molecular flexibility index (Phi) is 7.17. The molecule has 1 fully saturated rings. The fourth-order valence-corrected chi connectivity index (χ4v) is 4.04. The van der Waals surface area contributed by atoms with Gasteiger partial charge >= 0.3 is 0 Å². The normalized spacial score (nSPS) is 13.2. The van der Waals surface area contributed by atoms with Crippen LogP contribution in [-0.4, -0.2) is 29.8 Å². The van der Waals surface area contributed by atoms with Crippen molar-refractivity contribution in [3.05, 3.63) is 94.0 Å². The topological polar surface area (TPSA) is 105 Å². The molecule has 3 aromatic rings. The molecule has 174 valence electrons. The largest absolute Gasteiger partial charge is 0.366 e. The lowest BCUT2D eigenvalue weighted by molar-refractivity contribution is -0.384. The maximum atomic E-state index is 12.7. The summed E-state index contributed by atoms with van der Waals surface area (Å²) in [7, 11) is 0. The molecular weight excluding hydrogens is 432 g/mol. The number of rotatable bonds is 7. The second-order valence-electron chi connectivity index (χ2n) is 8.25. The van der Waals surface area contributed by atoms with Crippen LogP contribution in [0.1, 0.15) is 35.2 Å². The number of nitrogens with zero attached hydrogens (tertiary/aromatic N) is 2. The Bertz CT molecular complexity index is 1170. The zero-order chi connectivity index (χ0) is 23.9. The summed E-state index contributed by atoms with van der Waals surface area (Å²) >= 11 is 0. The van der Waals surface area contributed by atoms with Gasteiger partial charge in [0.05, 0.1) is 11.3 Å². The molecule has 1 aliphatic rings. The Balaban J connectivity index is 1.39. The molecule has 0 radical (unpaired) electrons. The van der Waals surface area contributed by atoms with Crippen LogP contribution in [-0.2, 0) is 11.2 Å². The number of benzene rings is 3. The Hall–Kier alpha value is -4.20. The van der Waals surface area contributed by atoms with E-state index >= 15 is 0 Å². The lowest BCUT2D eigenvalue weighted by Gasteiger charge is -2.28. The number of carbonyl (C=O) groups is 2. The lowest BCUT2D eigenvalue weighted by atomic mass is 10.1. The van der Waals surface area contributed by atoms with Crippen LogP contribution in [0.15, 0.2) is 72.8 Å². The summed E-state index contributed by atoms with van der Waals surface area (Å²) < 4.78 is 0. The molecule has 1 heterocycles. The molecule has 0 unspecified atom stereocenters. The molecule has 0 atom stereocenters. The SMILES string of the molecule is O=C(Cc1ccccc1)Nc1ccc(NC(=O)c2ccc(N3CCCCC3)c([N+](=O)[O-])c2)cc1. The Morgan fingerprint density at radius 2 is 1.50 bits per heavy atom. The van der Waals surface area contributed by atoms with Crippen molar-refractivity contribution in [2.45, 2.75) is 25.7 Å². The predicted molar refractivity (Wildman–Crippen MR) is 132 cm³/mol. The van der Waals surface area contributed by atoms with Gasteiger partial charge in [0.25, 0.3) is 11.6 Å². The van der Waals surface area contributed by atoms with Crippen LogP contribution < -0.4 is 15.5 Å². The third-order valence-electron chi connectivity index (χ3n) is 5.77. The minimum Gasteiger partial charge on any atom is -0.366 e. The van der Waals surface area contributed by atoms with E-state index in [0.29, 0.717) is 17.1 Å². The van der Waals surface area contributed by atoms with E-state index < -0.39 is 10.8 Å². The number of piperidine rings is 1. The summed E-state index contributed by atoms with van der Waals surface area (Å²) in [6.07, 6.45) is 3.40. The van der Waals surface area contributed by atoms with E-state index in [1.807, 2.05) is 35.2 Å². The number of nitro groups is 1. The molecule has 0 bridgehead atoms. The summed E-state index contributed by atoms with van der Waals surface area (Å²) in [4.78, 5) is 38.2. The summed E-state index contributed by atoms with van der Waals surface area (Å²) in [6, 6.07) is 20.8. The number of nitrogens with one attached hydrogen (secondary N) is 2. The van der Waals surface area contributed by atoms with E-state index in [4.69, 9.17) is 0 Å². The van der Waals surface area contributed by atoms with Crippen LogP contribution in [0, 0.1) is 10.1 Å². The molecule has 3 aromatic carbocycles. The second-order valence-corrected chi connectivity index (χ2v) is 8.25. The standard InChI is InChI=1S/C26H26N4O4/c31-25(17-19-7-3-1-4-8-19)27-21-10-12-22(13-11-21)28-26(32)20-9-14-23(24(18-20)30(33)34)29-15-5-2-6-16-29/h1,3-4,7-14,18H,2,5-6,15-17H2,(H,27,31)(H,28,32). The fourth-order valence-electron chi connectivity index (χ4n) is 4.04. The Labute approximate surface area is 197 Å². The zero-order valence-corrected chi connectivity index (χ0v) is 18.7. The first kappa shape index (κ1) is 23.0. The van der Waals surface area contributed by atoms with Crippen LogP contribution in [0.3, 0.4) is 0 Å². The van der Waals surface area contributed by atoms with Crippen molar-refractivity contribution >= 4 is 34.6 Å². The number of hydrogen-bond donors (Lipinski definition) is 2. The molecule has 4 rings (SSSR count). The van der Waals surface area contributed by atoms with Gasteiger partial charge in [0.1, 0.15) is 5.69 Å². The van der Waals surface area contributed by atoms with Crippen LogP contribution in [0.25, 0.3) is 0 Å². The molecule has 0 saturated carbocycles. The summed E-state index contributed by atoms with van der Waals surface area (Å²) in [5, 5.41) is 17.2. The maximum Gasteiger partial charge on any atom is 0.293 e. The van der Waals surface area contributed by atoms with E-state index in [2.05, 4.69) is 10.6 Å². The number of carbonyl (C=O) groups excluding carboxylic acids is 2. The first-order valence-electron chi connectivity index (χ1n) is 11.3. The van der Waals surface area contributed by atoms with Crippen molar-refractivity contribution in [1.82, 2.24) is 0 Å². The average molecular weight is 459 g/mol. The van der Waals surface area contributed by atoms with Gasteiger partial charge in [-0.25, -0.2) is 0 Å². The molecule has 0 spiro atoms.